The van der Waals surface area contributed by atoms with Gasteiger partial charge in [-0.25, -0.2) is 9.97 Å². The quantitative estimate of drug-likeness (QED) is 0.266. The first-order valence-corrected chi connectivity index (χ1v) is 10.8. The van der Waals surface area contributed by atoms with Gasteiger partial charge in [-0.15, -0.1) is 11.3 Å². The number of halogens is 1. The molecule has 1 amide bonds. The van der Waals surface area contributed by atoms with E-state index in [9.17, 15) is 14.9 Å². The Morgan fingerprint density at radius 1 is 1.32 bits per heavy atom. The number of thioether (sulfide) groups is 1. The molecule has 0 radical (unpaired) electrons. The number of hydrogen-bond donors (Lipinski definition) is 1. The lowest BCUT2D eigenvalue weighted by molar-refractivity contribution is -0.384. The van der Waals surface area contributed by atoms with Crippen LogP contribution in [0.25, 0.3) is 10.2 Å². The smallest absolute Gasteiger partial charge is 0.271 e. The van der Waals surface area contributed by atoms with E-state index in [2.05, 4.69) is 15.3 Å². The van der Waals surface area contributed by atoms with Gasteiger partial charge in [0.25, 0.3) is 5.69 Å². The van der Waals surface area contributed by atoms with Gasteiger partial charge in [0.05, 0.1) is 21.4 Å². The van der Waals surface area contributed by atoms with Crippen LogP contribution in [0.1, 0.15) is 23.3 Å². The van der Waals surface area contributed by atoms with Crippen LogP contribution in [0.3, 0.4) is 0 Å². The Balaban J connectivity index is 1.51. The van der Waals surface area contributed by atoms with Gasteiger partial charge >= 0.3 is 0 Å². The summed E-state index contributed by atoms with van der Waals surface area (Å²) in [6, 6.07) is 3.95. The molecule has 0 unspecified atom stereocenters. The van der Waals surface area contributed by atoms with Crippen LogP contribution in [0.5, 0.6) is 0 Å². The minimum Gasteiger partial charge on any atom is -0.324 e. The van der Waals surface area contributed by atoms with E-state index in [0.717, 1.165) is 34.5 Å². The van der Waals surface area contributed by atoms with Gasteiger partial charge in [0.15, 0.2) is 0 Å². The van der Waals surface area contributed by atoms with Crippen LogP contribution in [-0.4, -0.2) is 26.6 Å². The third-order valence-electron chi connectivity index (χ3n) is 4.49. The van der Waals surface area contributed by atoms with Gasteiger partial charge in [0.2, 0.25) is 5.91 Å². The third kappa shape index (κ3) is 3.82. The number of anilines is 1. The Hall–Kier alpha value is -2.23. The predicted octanol–water partition coefficient (Wildman–Crippen LogP) is 4.86. The molecule has 0 saturated carbocycles. The second-order valence-corrected chi connectivity index (χ2v) is 8.78. The standard InChI is InChI=1S/C18H15ClN4O3S2/c19-12-6-5-10(23(25)26)7-13(12)22-15(24)8-27-17-16-11-3-1-2-4-14(11)28-18(16)21-9-20-17/h5-7,9H,1-4,8H2,(H,22,24). The summed E-state index contributed by atoms with van der Waals surface area (Å²) >= 11 is 9.09. The second kappa shape index (κ2) is 8.02. The summed E-state index contributed by atoms with van der Waals surface area (Å²) < 4.78 is 0. The molecule has 10 heteroatoms. The lowest BCUT2D eigenvalue weighted by Crippen LogP contribution is -2.14. The molecule has 0 atom stereocenters. The number of nitro benzene ring substituents is 1. The van der Waals surface area contributed by atoms with Crippen molar-refractivity contribution >= 4 is 62.2 Å². The number of nitrogens with zero attached hydrogens (tertiary/aromatic N) is 3. The van der Waals surface area contributed by atoms with E-state index in [-0.39, 0.29) is 28.1 Å². The number of thiophene rings is 1. The Labute approximate surface area is 173 Å². The summed E-state index contributed by atoms with van der Waals surface area (Å²) in [5.74, 6) is -0.182. The zero-order chi connectivity index (χ0) is 19.7. The molecule has 144 valence electrons. The number of hydrogen-bond acceptors (Lipinski definition) is 7. The maximum Gasteiger partial charge on any atom is 0.271 e. The summed E-state index contributed by atoms with van der Waals surface area (Å²) in [6.07, 6.45) is 5.98. The fourth-order valence-corrected chi connectivity index (χ4v) is 5.50. The molecule has 0 aliphatic heterocycles. The molecule has 3 aromatic rings. The van der Waals surface area contributed by atoms with E-state index >= 15 is 0 Å². The number of aryl methyl sites for hydroxylation is 2. The molecule has 1 N–H and O–H groups in total. The Morgan fingerprint density at radius 3 is 2.96 bits per heavy atom. The highest BCUT2D eigenvalue weighted by molar-refractivity contribution is 8.00. The zero-order valence-electron chi connectivity index (χ0n) is 14.6. The van der Waals surface area contributed by atoms with E-state index in [0.29, 0.717) is 0 Å². The van der Waals surface area contributed by atoms with Crippen LogP contribution < -0.4 is 5.32 Å². The summed E-state index contributed by atoms with van der Waals surface area (Å²) in [4.78, 5) is 33.9. The van der Waals surface area contributed by atoms with E-state index < -0.39 is 4.92 Å². The molecule has 0 saturated heterocycles. The number of fused-ring (bicyclic) bond motifs is 3. The first kappa shape index (κ1) is 19.1. The van der Waals surface area contributed by atoms with E-state index in [1.54, 1.807) is 11.3 Å². The van der Waals surface area contributed by atoms with E-state index in [4.69, 9.17) is 11.6 Å². The summed E-state index contributed by atoms with van der Waals surface area (Å²) in [7, 11) is 0. The molecule has 2 heterocycles. The minimum atomic E-state index is -0.530. The van der Waals surface area contributed by atoms with E-state index in [1.807, 2.05) is 0 Å². The van der Waals surface area contributed by atoms with Crippen LogP contribution in [0, 0.1) is 10.1 Å². The molecule has 0 spiro atoms. The van der Waals surface area contributed by atoms with Crippen molar-refractivity contribution in [1.82, 2.24) is 9.97 Å². The highest BCUT2D eigenvalue weighted by atomic mass is 35.5. The number of nitrogens with one attached hydrogen (secondary N) is 1. The largest absolute Gasteiger partial charge is 0.324 e. The molecule has 1 aliphatic carbocycles. The molecule has 1 aliphatic rings. The molecule has 28 heavy (non-hydrogen) atoms. The number of nitro groups is 1. The summed E-state index contributed by atoms with van der Waals surface area (Å²) in [5, 5.41) is 15.7. The molecular formula is C18H15ClN4O3S2. The Bertz CT molecular complexity index is 1090. The highest BCUT2D eigenvalue weighted by Gasteiger charge is 2.20. The van der Waals surface area contributed by atoms with Gasteiger partial charge in [-0.05, 0) is 37.3 Å². The summed E-state index contributed by atoms with van der Waals surface area (Å²) in [6.45, 7) is 0. The number of carbonyl (C=O) groups excluding carboxylic acids is 1. The van der Waals surface area contributed by atoms with Crippen molar-refractivity contribution in [2.45, 2.75) is 30.7 Å². The average molecular weight is 435 g/mol. The van der Waals surface area contributed by atoms with Crippen molar-refractivity contribution in [2.75, 3.05) is 11.1 Å². The van der Waals surface area contributed by atoms with Crippen molar-refractivity contribution in [3.05, 3.63) is 50.1 Å². The fraction of sp³-hybridized carbons (Fsp3) is 0.278. The van der Waals surface area contributed by atoms with Gasteiger partial charge < -0.3 is 5.32 Å². The molecular weight excluding hydrogens is 420 g/mol. The fourth-order valence-electron chi connectivity index (χ4n) is 3.21. The number of aromatic nitrogens is 2. The highest BCUT2D eigenvalue weighted by Crippen LogP contribution is 2.39. The van der Waals surface area contributed by atoms with Crippen LogP contribution in [-0.2, 0) is 17.6 Å². The number of non-ortho nitro benzene ring substituents is 1. The van der Waals surface area contributed by atoms with Gasteiger partial charge in [-0.3, -0.25) is 14.9 Å². The van der Waals surface area contributed by atoms with E-state index in [1.165, 1.54) is 53.1 Å². The molecule has 0 bridgehead atoms. The number of rotatable bonds is 5. The topological polar surface area (TPSA) is 98.0 Å². The van der Waals surface area contributed by atoms with Crippen molar-refractivity contribution < 1.29 is 9.72 Å². The van der Waals surface area contributed by atoms with Gasteiger partial charge in [-0.2, -0.15) is 0 Å². The van der Waals surface area contributed by atoms with Crippen LogP contribution in [0.2, 0.25) is 5.02 Å². The molecule has 4 rings (SSSR count). The average Bonchev–Trinajstić information content (AvgIpc) is 3.07. The van der Waals surface area contributed by atoms with Gasteiger partial charge in [0.1, 0.15) is 16.2 Å². The number of benzene rings is 1. The molecule has 7 nitrogen and oxygen atoms in total. The third-order valence-corrected chi connectivity index (χ3v) is 7.01. The van der Waals surface area contributed by atoms with Gasteiger partial charge in [-0.1, -0.05) is 23.4 Å². The van der Waals surface area contributed by atoms with Crippen LogP contribution in [0.4, 0.5) is 11.4 Å². The van der Waals surface area contributed by atoms with Crippen molar-refractivity contribution in [3.63, 3.8) is 0 Å². The zero-order valence-corrected chi connectivity index (χ0v) is 17.0. The van der Waals surface area contributed by atoms with Crippen LogP contribution >= 0.6 is 34.7 Å². The summed E-state index contributed by atoms with van der Waals surface area (Å²) in [5.41, 5.74) is 1.41. The first-order chi connectivity index (χ1) is 13.5. The van der Waals surface area contributed by atoms with Crippen LogP contribution in [0.15, 0.2) is 29.6 Å². The SMILES string of the molecule is O=C(CSc1ncnc2sc3c(c12)CCCC3)Nc1cc([N+](=O)[O-])ccc1Cl. The Kier molecular flexibility index (Phi) is 5.47. The first-order valence-electron chi connectivity index (χ1n) is 8.65. The maximum absolute atomic E-state index is 12.4. The normalized spacial score (nSPS) is 13.3. The Morgan fingerprint density at radius 2 is 2.14 bits per heavy atom. The maximum atomic E-state index is 12.4. The molecule has 2 aromatic heterocycles. The predicted molar refractivity (Wildman–Crippen MR) is 112 cm³/mol. The van der Waals surface area contributed by atoms with Gasteiger partial charge in [0, 0.05) is 22.4 Å². The molecule has 0 fully saturated rings. The number of carbonyl (C=O) groups is 1. The number of amides is 1. The lowest BCUT2D eigenvalue weighted by atomic mass is 9.97. The van der Waals surface area contributed by atoms with Crippen molar-refractivity contribution in [3.8, 4) is 0 Å². The second-order valence-electron chi connectivity index (χ2n) is 6.33. The minimum absolute atomic E-state index is 0.121. The van der Waals surface area contributed by atoms with Crippen molar-refractivity contribution in [2.24, 2.45) is 0 Å². The monoisotopic (exact) mass is 434 g/mol. The lowest BCUT2D eigenvalue weighted by Gasteiger charge is -2.11. The molecule has 1 aromatic carbocycles. The van der Waals surface area contributed by atoms with Crippen molar-refractivity contribution in [1.29, 1.82) is 0 Å².